The maximum absolute atomic E-state index is 14.4. The van der Waals surface area contributed by atoms with Crippen LogP contribution >= 0.6 is 25.3 Å². The zero-order valence-electron chi connectivity index (χ0n) is 41.2. The van der Waals surface area contributed by atoms with Gasteiger partial charge in [-0.15, -0.1) is 0 Å². The maximum Gasteiger partial charge on any atom is 0.327 e. The predicted molar refractivity (Wildman–Crippen MR) is 281 cm³/mol. The molecule has 8 amide bonds. The van der Waals surface area contributed by atoms with E-state index in [9.17, 15) is 63.3 Å². The van der Waals surface area contributed by atoms with Crippen molar-refractivity contribution in [2.45, 2.75) is 94.7 Å². The number of aromatic hydroxyl groups is 1. The van der Waals surface area contributed by atoms with E-state index in [0.717, 1.165) is 5.52 Å². The Hall–Kier alpha value is -7.64. The Labute approximate surface area is 442 Å². The Morgan fingerprint density at radius 2 is 1.11 bits per heavy atom. The number of para-hydroxylation sites is 1. The van der Waals surface area contributed by atoms with Gasteiger partial charge in [-0.1, -0.05) is 80.9 Å². The summed E-state index contributed by atoms with van der Waals surface area (Å²) in [6.45, 7) is 2.04. The van der Waals surface area contributed by atoms with Crippen molar-refractivity contribution < 1.29 is 63.3 Å². The van der Waals surface area contributed by atoms with E-state index in [1.807, 2.05) is 0 Å². The number of amides is 8. The Balaban J connectivity index is 1.54. The monoisotopic (exact) mass is 1080 g/mol. The number of phenolic OH excluding ortho intramolecular Hbond substituents is 1. The molecule has 1 aromatic heterocycles. The van der Waals surface area contributed by atoms with E-state index in [2.05, 4.69) is 72.8 Å². The number of H-pyrrole nitrogens is 1. The number of aromatic nitrogens is 1. The number of hydrogen-bond donors (Lipinski definition) is 15. The van der Waals surface area contributed by atoms with Gasteiger partial charge in [0.15, 0.2) is 0 Å². The van der Waals surface area contributed by atoms with Crippen molar-refractivity contribution in [3.8, 4) is 5.75 Å². The molecule has 0 saturated heterocycles. The molecule has 0 unspecified atom stereocenters. The first-order chi connectivity index (χ1) is 35.7. The highest BCUT2D eigenvalue weighted by Gasteiger charge is 2.34. The summed E-state index contributed by atoms with van der Waals surface area (Å²) in [7, 11) is 0. The fourth-order valence-corrected chi connectivity index (χ4v) is 7.92. The van der Waals surface area contributed by atoms with Gasteiger partial charge < -0.3 is 68.6 Å². The smallest absolute Gasteiger partial charge is 0.327 e. The molecule has 0 radical (unpaired) electrons. The molecule has 0 aliphatic heterocycles. The number of carbonyl (C=O) groups excluding carboxylic acids is 8. The SMILES string of the molecule is CC[C@H](C)[C@H](NC(=O)[C@H](Cc1ccccc1)NC(=O)CNC(=O)[C@H](Cc1ccc(O)cc1)NC(=O)[C@@H](N)CS)C(=O)N[C@@H](Cc1c[nH]c2ccccc12)C(=O)NCC(=O)N[C@@H](CCC(=O)O)C(=O)N[C@@H](CS)C(=O)O. The molecule has 0 aliphatic rings. The molecule has 75 heavy (non-hydrogen) atoms. The average molecular weight is 1080 g/mol. The quantitative estimate of drug-likeness (QED) is 0.0285. The normalized spacial score (nSPS) is 14.2. The highest BCUT2D eigenvalue weighted by molar-refractivity contribution is 7.80. The average Bonchev–Trinajstić information content (AvgIpc) is 3.80. The summed E-state index contributed by atoms with van der Waals surface area (Å²) in [5.41, 5.74) is 8.34. The molecule has 3 aromatic carbocycles. The number of hydrogen-bond acceptors (Lipinski definition) is 14. The van der Waals surface area contributed by atoms with Crippen molar-refractivity contribution in [3.05, 3.63) is 102 Å². The van der Waals surface area contributed by atoms with Crippen LogP contribution in [-0.2, 0) is 67.2 Å². The fraction of sp³-hybridized carbons (Fsp3) is 0.400. The van der Waals surface area contributed by atoms with Gasteiger partial charge in [0.25, 0.3) is 0 Å². The molecule has 0 saturated carbocycles. The molecule has 0 bridgehead atoms. The minimum atomic E-state index is -1.51. The summed E-state index contributed by atoms with van der Waals surface area (Å²) >= 11 is 7.96. The largest absolute Gasteiger partial charge is 0.508 e. The number of carboxylic acid groups (broad SMARTS) is 2. The van der Waals surface area contributed by atoms with Crippen molar-refractivity contribution >= 4 is 95.4 Å². The number of rotatable bonds is 30. The Morgan fingerprint density at radius 1 is 0.587 bits per heavy atom. The molecule has 1 heterocycles. The van der Waals surface area contributed by atoms with Crippen LogP contribution in [-0.4, -0.2) is 146 Å². The number of phenols is 1. The van der Waals surface area contributed by atoms with Crippen LogP contribution in [0.3, 0.4) is 0 Å². The second kappa shape index (κ2) is 29.9. The number of aliphatic carboxylic acids is 2. The van der Waals surface area contributed by atoms with Crippen LogP contribution in [0.4, 0.5) is 0 Å². The van der Waals surface area contributed by atoms with Gasteiger partial charge >= 0.3 is 11.9 Å². The van der Waals surface area contributed by atoms with Gasteiger partial charge in [-0.05, 0) is 47.2 Å². The summed E-state index contributed by atoms with van der Waals surface area (Å²) in [6.07, 6.45) is 0.751. The van der Waals surface area contributed by atoms with E-state index in [4.69, 9.17) is 5.73 Å². The summed E-state index contributed by atoms with van der Waals surface area (Å²) in [5, 5.41) is 49.2. The lowest BCUT2D eigenvalue weighted by Crippen LogP contribution is -2.60. The second-order valence-electron chi connectivity index (χ2n) is 17.6. The Kier molecular flexibility index (Phi) is 23.9. The standard InChI is InChI=1S/C50H64N10O13S2/c1-3-27(2)43(60-48(70)37(19-28-9-5-4-6-10-28)56-41(63)24-53-45(67)36(57-44(66)33(51)25-74)20-29-13-15-31(61)16-14-29)49(71)58-38(21-30-22-52-34-12-8-7-11-32(30)34)46(68)54-23-40(62)55-35(17-18-42(64)65)47(69)59-39(26-75)50(72)73/h4-16,22,27,33,35-39,43,52,61,74-75H,3,17-21,23-26,51H2,1-2H3,(H,53,67)(H,54,68)(H,55,62)(H,56,63)(H,57,66)(H,58,71)(H,59,69)(H,60,70)(H,64,65)(H,72,73)/t27-,33-,35-,36-,37-,38-,39-,43-/m0/s1. The van der Waals surface area contributed by atoms with Gasteiger partial charge in [-0.3, -0.25) is 43.2 Å². The van der Waals surface area contributed by atoms with Gasteiger partial charge in [-0.2, -0.15) is 25.3 Å². The summed E-state index contributed by atoms with van der Waals surface area (Å²) < 4.78 is 0. The van der Waals surface area contributed by atoms with Crippen molar-refractivity contribution in [3.63, 3.8) is 0 Å². The molecule has 25 heteroatoms. The van der Waals surface area contributed by atoms with Gasteiger partial charge in [0.05, 0.1) is 19.1 Å². The van der Waals surface area contributed by atoms with E-state index < -0.39 is 133 Å². The zero-order chi connectivity index (χ0) is 55.2. The van der Waals surface area contributed by atoms with Gasteiger partial charge in [-0.25, -0.2) is 4.79 Å². The highest BCUT2D eigenvalue weighted by Crippen LogP contribution is 2.20. The predicted octanol–water partition coefficient (Wildman–Crippen LogP) is -0.775. The number of fused-ring (bicyclic) bond motifs is 1. The zero-order valence-corrected chi connectivity index (χ0v) is 43.0. The molecule has 404 valence electrons. The summed E-state index contributed by atoms with van der Waals surface area (Å²) in [4.78, 5) is 135. The van der Waals surface area contributed by atoms with Crippen molar-refractivity contribution in [2.24, 2.45) is 11.7 Å². The first-order valence-corrected chi connectivity index (χ1v) is 25.1. The number of nitrogens with two attached hydrogens (primary N) is 1. The van der Waals surface area contributed by atoms with Crippen LogP contribution in [0, 0.1) is 5.92 Å². The number of carboxylic acids is 2. The molecular weight excluding hydrogens is 1010 g/mol. The highest BCUT2D eigenvalue weighted by atomic mass is 32.1. The van der Waals surface area contributed by atoms with Crippen molar-refractivity contribution in [1.82, 2.24) is 47.5 Å². The van der Waals surface area contributed by atoms with Crippen LogP contribution in [0.15, 0.2) is 85.1 Å². The van der Waals surface area contributed by atoms with E-state index in [1.165, 1.54) is 12.1 Å². The van der Waals surface area contributed by atoms with Crippen molar-refractivity contribution in [2.75, 3.05) is 24.6 Å². The van der Waals surface area contributed by atoms with Gasteiger partial charge in [0.1, 0.15) is 42.0 Å². The third kappa shape index (κ3) is 19.3. The van der Waals surface area contributed by atoms with Gasteiger partial charge in [0.2, 0.25) is 47.3 Å². The number of benzene rings is 3. The third-order valence-electron chi connectivity index (χ3n) is 11.9. The fourth-order valence-electron chi connectivity index (χ4n) is 7.51. The molecule has 0 spiro atoms. The maximum atomic E-state index is 14.4. The van der Waals surface area contributed by atoms with Crippen molar-refractivity contribution in [1.29, 1.82) is 0 Å². The van der Waals surface area contributed by atoms with E-state index in [-0.39, 0.29) is 36.5 Å². The van der Waals surface area contributed by atoms with Crippen LogP contribution < -0.4 is 48.3 Å². The number of nitrogens with one attached hydrogen (secondary N) is 9. The lowest BCUT2D eigenvalue weighted by Gasteiger charge is -2.28. The minimum Gasteiger partial charge on any atom is -0.508 e. The minimum absolute atomic E-state index is 0.0182. The van der Waals surface area contributed by atoms with E-state index >= 15 is 0 Å². The lowest BCUT2D eigenvalue weighted by molar-refractivity contribution is -0.142. The molecule has 0 aliphatic carbocycles. The second-order valence-corrected chi connectivity index (χ2v) is 18.3. The summed E-state index contributed by atoms with van der Waals surface area (Å²) in [6, 6.07) is 12.5. The number of thiol groups is 2. The Morgan fingerprint density at radius 3 is 1.68 bits per heavy atom. The molecule has 4 rings (SSSR count). The number of aromatic amines is 1. The Bertz CT molecular complexity index is 2640. The molecule has 23 nitrogen and oxygen atoms in total. The first-order valence-electron chi connectivity index (χ1n) is 23.9. The third-order valence-corrected chi connectivity index (χ3v) is 12.7. The molecule has 0 fully saturated rings. The van der Waals surface area contributed by atoms with Crippen LogP contribution in [0.2, 0.25) is 0 Å². The molecular formula is C50H64N10O13S2. The van der Waals surface area contributed by atoms with Crippen LogP contribution in [0.1, 0.15) is 49.8 Å². The topological polar surface area (TPSA) is 369 Å². The molecule has 14 N–H and O–H groups in total. The molecule has 4 aromatic rings. The first kappa shape index (κ1) is 59.9. The lowest BCUT2D eigenvalue weighted by atomic mass is 9.96. The van der Waals surface area contributed by atoms with Crippen LogP contribution in [0.25, 0.3) is 10.9 Å². The van der Waals surface area contributed by atoms with Crippen LogP contribution in [0.5, 0.6) is 5.75 Å². The van der Waals surface area contributed by atoms with E-state index in [0.29, 0.717) is 28.5 Å². The molecule has 8 atom stereocenters. The van der Waals surface area contributed by atoms with E-state index in [1.54, 1.807) is 86.8 Å². The van der Waals surface area contributed by atoms with Gasteiger partial charge in [0, 0.05) is 54.3 Å². The summed E-state index contributed by atoms with van der Waals surface area (Å²) in [5.74, 6) is -10.3. The number of carbonyl (C=O) groups is 10.